The maximum atomic E-state index is 13.7. The van der Waals surface area contributed by atoms with E-state index in [1.165, 1.54) is 6.07 Å². The SMILES string of the molecule is COc1ccc(-c2ccc(C(=O)O)cc2C)cc1-c1ccc(C)cc1CN1CC[C@@H](c2ccc(F)c(F)c2)OC1=O. The van der Waals surface area contributed by atoms with Crippen molar-refractivity contribution < 1.29 is 33.0 Å². The quantitative estimate of drug-likeness (QED) is 0.252. The molecule has 0 bridgehead atoms. The van der Waals surface area contributed by atoms with Crippen LogP contribution in [-0.2, 0) is 11.3 Å². The van der Waals surface area contributed by atoms with Crippen LogP contribution in [0.25, 0.3) is 22.3 Å². The molecule has 1 aliphatic rings. The molecule has 8 heteroatoms. The van der Waals surface area contributed by atoms with E-state index < -0.39 is 29.8 Å². The van der Waals surface area contributed by atoms with Crippen molar-refractivity contribution in [1.82, 2.24) is 4.90 Å². The number of carbonyl (C=O) groups is 2. The fraction of sp³-hybridized carbons (Fsp3) is 0.212. The Kier molecular flexibility index (Phi) is 7.75. The number of rotatable bonds is 7. The summed E-state index contributed by atoms with van der Waals surface area (Å²) in [6, 6.07) is 20.4. The minimum absolute atomic E-state index is 0.223. The summed E-state index contributed by atoms with van der Waals surface area (Å²) in [5, 5.41) is 9.35. The molecule has 5 rings (SSSR count). The molecule has 0 saturated carbocycles. The topological polar surface area (TPSA) is 76.1 Å². The zero-order chi connectivity index (χ0) is 29.3. The summed E-state index contributed by atoms with van der Waals surface area (Å²) in [4.78, 5) is 26.0. The van der Waals surface area contributed by atoms with E-state index in [4.69, 9.17) is 9.47 Å². The molecule has 1 amide bonds. The van der Waals surface area contributed by atoms with Crippen LogP contribution in [0.1, 0.15) is 45.1 Å². The van der Waals surface area contributed by atoms with Crippen LogP contribution in [0, 0.1) is 25.5 Å². The number of benzene rings is 4. The van der Waals surface area contributed by atoms with Gasteiger partial charge in [0.15, 0.2) is 11.6 Å². The van der Waals surface area contributed by atoms with Gasteiger partial charge in [0.05, 0.1) is 12.7 Å². The Balaban J connectivity index is 1.45. The number of aryl methyl sites for hydroxylation is 2. The first-order valence-corrected chi connectivity index (χ1v) is 13.2. The molecular formula is C33H29F2NO5. The van der Waals surface area contributed by atoms with Gasteiger partial charge in [0, 0.05) is 25.1 Å². The number of amides is 1. The molecule has 0 spiro atoms. The lowest BCUT2D eigenvalue weighted by Crippen LogP contribution is -2.38. The van der Waals surface area contributed by atoms with E-state index >= 15 is 0 Å². The summed E-state index contributed by atoms with van der Waals surface area (Å²) in [5.74, 6) is -2.25. The van der Waals surface area contributed by atoms with Gasteiger partial charge in [-0.3, -0.25) is 0 Å². The number of carboxylic acid groups (broad SMARTS) is 1. The van der Waals surface area contributed by atoms with E-state index in [-0.39, 0.29) is 12.1 Å². The van der Waals surface area contributed by atoms with Crippen LogP contribution >= 0.6 is 0 Å². The summed E-state index contributed by atoms with van der Waals surface area (Å²) >= 11 is 0. The molecule has 0 aliphatic carbocycles. The van der Waals surface area contributed by atoms with Gasteiger partial charge in [-0.05, 0) is 83.6 Å². The monoisotopic (exact) mass is 557 g/mol. The zero-order valence-corrected chi connectivity index (χ0v) is 22.9. The Labute approximate surface area is 236 Å². The van der Waals surface area contributed by atoms with Gasteiger partial charge >= 0.3 is 12.1 Å². The highest BCUT2D eigenvalue weighted by molar-refractivity contribution is 5.89. The molecule has 0 radical (unpaired) electrons. The molecule has 1 saturated heterocycles. The minimum atomic E-state index is -0.980. The Morgan fingerprint density at radius 1 is 0.951 bits per heavy atom. The van der Waals surface area contributed by atoms with E-state index in [1.807, 2.05) is 50.2 Å². The molecular weight excluding hydrogens is 528 g/mol. The maximum Gasteiger partial charge on any atom is 0.410 e. The summed E-state index contributed by atoms with van der Waals surface area (Å²) < 4.78 is 38.5. The number of aromatic carboxylic acids is 1. The van der Waals surface area contributed by atoms with Crippen molar-refractivity contribution in [2.45, 2.75) is 32.9 Å². The fourth-order valence-corrected chi connectivity index (χ4v) is 5.24. The van der Waals surface area contributed by atoms with E-state index in [0.29, 0.717) is 24.3 Å². The number of hydrogen-bond donors (Lipinski definition) is 1. The molecule has 0 aromatic heterocycles. The first-order chi connectivity index (χ1) is 19.6. The normalized spacial score (nSPS) is 15.0. The van der Waals surface area contributed by atoms with Crippen molar-refractivity contribution in [3.63, 3.8) is 0 Å². The molecule has 1 aliphatic heterocycles. The van der Waals surface area contributed by atoms with Gasteiger partial charge in [0.1, 0.15) is 11.9 Å². The van der Waals surface area contributed by atoms with Crippen molar-refractivity contribution in [3.8, 4) is 28.0 Å². The van der Waals surface area contributed by atoms with E-state index in [1.54, 1.807) is 30.2 Å². The van der Waals surface area contributed by atoms with Crippen molar-refractivity contribution in [2.24, 2.45) is 0 Å². The Hall–Kier alpha value is -4.72. The molecule has 1 atom stereocenters. The Morgan fingerprint density at radius 2 is 1.73 bits per heavy atom. The van der Waals surface area contributed by atoms with Crippen molar-refractivity contribution >= 4 is 12.1 Å². The number of halogens is 2. The highest BCUT2D eigenvalue weighted by Gasteiger charge is 2.29. The van der Waals surface area contributed by atoms with Crippen molar-refractivity contribution in [2.75, 3.05) is 13.7 Å². The lowest BCUT2D eigenvalue weighted by molar-refractivity contribution is 0.0216. The second-order valence-electron chi connectivity index (χ2n) is 10.2. The van der Waals surface area contributed by atoms with Gasteiger partial charge in [-0.1, -0.05) is 42.0 Å². The maximum absolute atomic E-state index is 13.7. The van der Waals surface area contributed by atoms with Crippen LogP contribution in [0.15, 0.2) is 72.8 Å². The van der Waals surface area contributed by atoms with E-state index in [0.717, 1.165) is 51.1 Å². The van der Waals surface area contributed by atoms with Crippen LogP contribution in [0.5, 0.6) is 5.75 Å². The van der Waals surface area contributed by atoms with Gasteiger partial charge in [-0.2, -0.15) is 0 Å². The number of cyclic esters (lactones) is 1. The minimum Gasteiger partial charge on any atom is -0.496 e. The summed E-state index contributed by atoms with van der Waals surface area (Å²) in [6.45, 7) is 4.50. The van der Waals surface area contributed by atoms with E-state index in [9.17, 15) is 23.5 Å². The third kappa shape index (κ3) is 5.77. The second kappa shape index (κ2) is 11.4. The molecule has 4 aromatic carbocycles. The standard InChI is InChI=1S/C33H29F2NO5/c1-19-4-8-26(27-16-21(7-11-31(27)40-3)25-9-5-23(32(37)38)15-20(25)2)24(14-19)18-36-13-12-30(41-33(36)39)22-6-10-28(34)29(35)17-22/h4-11,14-17,30H,12-13,18H2,1-3H3,(H,37,38)/t30-/m0/s1. The molecule has 41 heavy (non-hydrogen) atoms. The third-order valence-corrected chi connectivity index (χ3v) is 7.37. The van der Waals surface area contributed by atoms with Gasteiger partial charge in [0.2, 0.25) is 0 Å². The predicted octanol–water partition coefficient (Wildman–Crippen LogP) is 7.71. The van der Waals surface area contributed by atoms with Crippen LogP contribution in [0.2, 0.25) is 0 Å². The zero-order valence-electron chi connectivity index (χ0n) is 22.9. The summed E-state index contributed by atoms with van der Waals surface area (Å²) in [7, 11) is 1.60. The lowest BCUT2D eigenvalue weighted by Gasteiger charge is -2.32. The van der Waals surface area contributed by atoms with Crippen LogP contribution in [0.3, 0.4) is 0 Å². The molecule has 0 unspecified atom stereocenters. The largest absolute Gasteiger partial charge is 0.496 e. The first kappa shape index (κ1) is 27.8. The average molecular weight is 558 g/mol. The molecule has 210 valence electrons. The number of nitrogens with zero attached hydrogens (tertiary/aromatic N) is 1. The smallest absolute Gasteiger partial charge is 0.410 e. The summed E-state index contributed by atoms with van der Waals surface area (Å²) in [5.41, 5.74) is 6.88. The number of ether oxygens (including phenoxy) is 2. The fourth-order valence-electron chi connectivity index (χ4n) is 5.24. The van der Waals surface area contributed by atoms with E-state index in [2.05, 4.69) is 0 Å². The number of hydrogen-bond acceptors (Lipinski definition) is 4. The molecule has 4 aromatic rings. The number of carbonyl (C=O) groups excluding carboxylic acids is 1. The van der Waals surface area contributed by atoms with Gasteiger partial charge < -0.3 is 19.5 Å². The lowest BCUT2D eigenvalue weighted by atomic mass is 9.92. The van der Waals surface area contributed by atoms with Crippen molar-refractivity contribution in [1.29, 1.82) is 0 Å². The first-order valence-electron chi connectivity index (χ1n) is 13.2. The van der Waals surface area contributed by atoms with Crippen LogP contribution in [-0.4, -0.2) is 35.7 Å². The second-order valence-corrected chi connectivity index (χ2v) is 10.2. The Bertz CT molecular complexity index is 1650. The third-order valence-electron chi connectivity index (χ3n) is 7.37. The van der Waals surface area contributed by atoms with Crippen molar-refractivity contribution in [3.05, 3.63) is 112 Å². The molecule has 1 N–H and O–H groups in total. The highest BCUT2D eigenvalue weighted by Crippen LogP contribution is 2.38. The predicted molar refractivity (Wildman–Crippen MR) is 151 cm³/mol. The molecule has 1 fully saturated rings. The molecule has 6 nitrogen and oxygen atoms in total. The van der Waals surface area contributed by atoms with Gasteiger partial charge in [0.25, 0.3) is 0 Å². The van der Waals surface area contributed by atoms with Crippen LogP contribution < -0.4 is 4.74 Å². The highest BCUT2D eigenvalue weighted by atomic mass is 19.2. The average Bonchev–Trinajstić information content (AvgIpc) is 2.95. The van der Waals surface area contributed by atoms with Crippen LogP contribution in [0.4, 0.5) is 13.6 Å². The summed E-state index contributed by atoms with van der Waals surface area (Å²) in [6.07, 6.45) is -0.755. The van der Waals surface area contributed by atoms with Gasteiger partial charge in [-0.25, -0.2) is 18.4 Å². The Morgan fingerprint density at radius 3 is 2.41 bits per heavy atom. The number of carboxylic acids is 1. The molecule has 1 heterocycles. The van der Waals surface area contributed by atoms with Gasteiger partial charge in [-0.15, -0.1) is 0 Å². The number of methoxy groups -OCH3 is 1.